The number of aliphatic hydroxyl groups excluding tert-OH is 1. The van der Waals surface area contributed by atoms with Crippen molar-refractivity contribution in [2.24, 2.45) is 35.0 Å². The van der Waals surface area contributed by atoms with Crippen LogP contribution in [-0.2, 0) is 0 Å². The van der Waals surface area contributed by atoms with E-state index < -0.39 is 0 Å². The Hall–Kier alpha value is -0.300. The first-order valence-corrected chi connectivity index (χ1v) is 6.82. The minimum atomic E-state index is -0.103. The molecule has 1 N–H and O–H groups in total. The van der Waals surface area contributed by atoms with Crippen molar-refractivity contribution in [1.82, 2.24) is 0 Å². The third-order valence-electron chi connectivity index (χ3n) is 5.96. The zero-order valence-electron chi connectivity index (χ0n) is 10.7. The van der Waals surface area contributed by atoms with E-state index in [2.05, 4.69) is 27.4 Å². The first-order chi connectivity index (χ1) is 7.47. The molecule has 0 spiro atoms. The summed E-state index contributed by atoms with van der Waals surface area (Å²) in [6.45, 7) is 11.3. The van der Waals surface area contributed by atoms with Gasteiger partial charge >= 0.3 is 0 Å². The van der Waals surface area contributed by atoms with Crippen LogP contribution in [0.1, 0.15) is 40.0 Å². The third kappa shape index (κ3) is 1.06. The summed E-state index contributed by atoms with van der Waals surface area (Å²) in [5.74, 6) is 3.63. The molecular weight excluding hydrogens is 196 g/mol. The molecule has 1 heteroatoms. The highest BCUT2D eigenvalue weighted by molar-refractivity contribution is 5.28. The molecule has 0 unspecified atom stereocenters. The van der Waals surface area contributed by atoms with Crippen molar-refractivity contribution in [3.63, 3.8) is 0 Å². The smallest absolute Gasteiger partial charge is 0.0613 e. The van der Waals surface area contributed by atoms with Gasteiger partial charge in [0.1, 0.15) is 0 Å². The molecule has 1 nitrogen and oxygen atoms in total. The summed E-state index contributed by atoms with van der Waals surface area (Å²) in [4.78, 5) is 0. The van der Waals surface area contributed by atoms with Gasteiger partial charge in [-0.3, -0.25) is 0 Å². The van der Waals surface area contributed by atoms with Crippen LogP contribution in [0, 0.1) is 35.0 Å². The van der Waals surface area contributed by atoms with Gasteiger partial charge in [-0.2, -0.15) is 0 Å². The first kappa shape index (κ1) is 10.8. The van der Waals surface area contributed by atoms with E-state index >= 15 is 0 Å². The molecule has 6 atom stereocenters. The first-order valence-electron chi connectivity index (χ1n) is 6.82. The Morgan fingerprint density at radius 3 is 2.69 bits per heavy atom. The highest BCUT2D eigenvalue weighted by Crippen LogP contribution is 2.72. The van der Waals surface area contributed by atoms with Crippen LogP contribution >= 0.6 is 0 Å². The van der Waals surface area contributed by atoms with Gasteiger partial charge < -0.3 is 5.11 Å². The lowest BCUT2D eigenvalue weighted by Gasteiger charge is -2.72. The number of hydrogen-bond donors (Lipinski definition) is 1. The van der Waals surface area contributed by atoms with Crippen molar-refractivity contribution in [2.75, 3.05) is 0 Å². The zero-order chi connectivity index (χ0) is 11.7. The fourth-order valence-electron chi connectivity index (χ4n) is 5.42. The molecule has 0 aliphatic heterocycles. The minimum Gasteiger partial charge on any atom is -0.392 e. The Morgan fingerprint density at radius 1 is 1.44 bits per heavy atom. The second-order valence-corrected chi connectivity index (χ2v) is 6.96. The molecular formula is C15H24O. The molecule has 90 valence electrons. The molecule has 0 aromatic heterocycles. The minimum absolute atomic E-state index is 0.103. The van der Waals surface area contributed by atoms with Crippen LogP contribution in [0.2, 0.25) is 0 Å². The predicted octanol–water partition coefficient (Wildman–Crippen LogP) is 3.24. The molecule has 0 amide bonds. The van der Waals surface area contributed by atoms with Gasteiger partial charge in [-0.25, -0.2) is 0 Å². The number of aliphatic hydroxyl groups is 1. The predicted molar refractivity (Wildman–Crippen MR) is 65.9 cm³/mol. The molecule has 4 saturated carbocycles. The van der Waals surface area contributed by atoms with Crippen LogP contribution in [0.15, 0.2) is 12.2 Å². The number of fused-ring (bicyclic) bond motifs is 2. The van der Waals surface area contributed by atoms with Crippen LogP contribution in [0.3, 0.4) is 0 Å². The van der Waals surface area contributed by atoms with Gasteiger partial charge in [-0.15, -0.1) is 0 Å². The quantitative estimate of drug-likeness (QED) is 0.673. The van der Waals surface area contributed by atoms with Crippen molar-refractivity contribution in [3.05, 3.63) is 12.2 Å². The van der Waals surface area contributed by atoms with Crippen LogP contribution in [0.4, 0.5) is 0 Å². The largest absolute Gasteiger partial charge is 0.392 e. The van der Waals surface area contributed by atoms with E-state index in [0.29, 0.717) is 11.3 Å². The van der Waals surface area contributed by atoms with Crippen LogP contribution in [-0.4, -0.2) is 11.2 Å². The molecule has 16 heavy (non-hydrogen) atoms. The Kier molecular flexibility index (Phi) is 2.12. The van der Waals surface area contributed by atoms with E-state index in [9.17, 15) is 5.11 Å². The maximum atomic E-state index is 10.3. The SMILES string of the molecule is C=C1C[C@H](O)[C@@H]2[C@@H]3[C@H](C(C)C)CC[C@]2(C)[C@@H]13. The highest BCUT2D eigenvalue weighted by atomic mass is 16.3. The Bertz CT molecular complexity index is 332. The topological polar surface area (TPSA) is 20.2 Å². The van der Waals surface area contributed by atoms with E-state index in [1.165, 1.54) is 18.4 Å². The van der Waals surface area contributed by atoms with Crippen molar-refractivity contribution in [2.45, 2.75) is 46.1 Å². The van der Waals surface area contributed by atoms with Gasteiger partial charge in [0.25, 0.3) is 0 Å². The molecule has 4 bridgehead atoms. The summed E-state index contributed by atoms with van der Waals surface area (Å²) in [7, 11) is 0. The monoisotopic (exact) mass is 220 g/mol. The second-order valence-electron chi connectivity index (χ2n) is 6.96. The highest BCUT2D eigenvalue weighted by Gasteiger charge is 2.68. The average Bonchev–Trinajstić information content (AvgIpc) is 2.15. The summed E-state index contributed by atoms with van der Waals surface area (Å²) in [6, 6.07) is 0. The summed E-state index contributed by atoms with van der Waals surface area (Å²) in [5, 5.41) is 10.3. The summed E-state index contributed by atoms with van der Waals surface area (Å²) < 4.78 is 0. The van der Waals surface area contributed by atoms with Gasteiger partial charge in [0.15, 0.2) is 0 Å². The number of rotatable bonds is 1. The van der Waals surface area contributed by atoms with E-state index in [1.807, 2.05) is 0 Å². The lowest BCUT2D eigenvalue weighted by molar-refractivity contribution is -0.234. The molecule has 4 aliphatic carbocycles. The van der Waals surface area contributed by atoms with Crippen molar-refractivity contribution < 1.29 is 5.11 Å². The van der Waals surface area contributed by atoms with E-state index in [0.717, 1.165) is 30.1 Å². The second kappa shape index (κ2) is 3.13. The maximum absolute atomic E-state index is 10.3. The molecule has 4 fully saturated rings. The van der Waals surface area contributed by atoms with Crippen molar-refractivity contribution >= 4 is 0 Å². The lowest BCUT2D eigenvalue weighted by atomic mass is 9.33. The zero-order valence-corrected chi connectivity index (χ0v) is 10.7. The van der Waals surface area contributed by atoms with Gasteiger partial charge in [0.05, 0.1) is 6.10 Å². The fraction of sp³-hybridized carbons (Fsp3) is 0.867. The molecule has 4 aliphatic rings. The van der Waals surface area contributed by atoms with E-state index in [1.54, 1.807) is 0 Å². The van der Waals surface area contributed by atoms with Crippen LogP contribution < -0.4 is 0 Å². The Labute approximate surface area is 98.9 Å². The van der Waals surface area contributed by atoms with Gasteiger partial charge in [-0.05, 0) is 54.3 Å². The van der Waals surface area contributed by atoms with E-state index in [-0.39, 0.29) is 6.10 Å². The lowest BCUT2D eigenvalue weighted by Crippen LogP contribution is -2.68. The van der Waals surface area contributed by atoms with Gasteiger partial charge in [0.2, 0.25) is 0 Å². The van der Waals surface area contributed by atoms with Crippen LogP contribution in [0.5, 0.6) is 0 Å². The summed E-state index contributed by atoms with van der Waals surface area (Å²) in [6.07, 6.45) is 3.43. The average molecular weight is 220 g/mol. The normalized spacial score (nSPS) is 55.1. The Balaban J connectivity index is 1.96. The summed E-state index contributed by atoms with van der Waals surface area (Å²) in [5.41, 5.74) is 1.73. The van der Waals surface area contributed by atoms with Crippen LogP contribution in [0.25, 0.3) is 0 Å². The molecule has 0 radical (unpaired) electrons. The number of hydrogen-bond acceptors (Lipinski definition) is 1. The maximum Gasteiger partial charge on any atom is 0.0613 e. The Morgan fingerprint density at radius 2 is 2.12 bits per heavy atom. The van der Waals surface area contributed by atoms with Gasteiger partial charge in [-0.1, -0.05) is 32.9 Å². The molecule has 0 saturated heterocycles. The molecule has 4 rings (SSSR count). The fourth-order valence-corrected chi connectivity index (χ4v) is 5.42. The van der Waals surface area contributed by atoms with Crippen molar-refractivity contribution in [1.29, 1.82) is 0 Å². The summed E-state index contributed by atoms with van der Waals surface area (Å²) >= 11 is 0. The standard InChI is InChI=1S/C15H24O/c1-8(2)10-5-6-15(4)13-9(3)7-11(16)14(15)12(10)13/h8,10-14,16H,3,5-7H2,1-2,4H3/t10-,11-,12+,13-,14+,15+/m0/s1. The molecule has 0 aromatic carbocycles. The molecule has 0 aromatic rings. The van der Waals surface area contributed by atoms with E-state index in [4.69, 9.17) is 0 Å². The van der Waals surface area contributed by atoms with Gasteiger partial charge in [0, 0.05) is 0 Å². The molecule has 0 heterocycles. The van der Waals surface area contributed by atoms with Crippen molar-refractivity contribution in [3.8, 4) is 0 Å². The third-order valence-corrected chi connectivity index (χ3v) is 5.96.